The summed E-state index contributed by atoms with van der Waals surface area (Å²) in [6.07, 6.45) is -0.0526. The molecule has 1 fully saturated rings. The highest BCUT2D eigenvalue weighted by atomic mass is 32.2. The number of β-lactam (4-membered cyclic amide) rings is 1. The summed E-state index contributed by atoms with van der Waals surface area (Å²) in [5.74, 6) is -3.02. The van der Waals surface area contributed by atoms with Gasteiger partial charge in [-0.15, -0.1) is 28.2 Å². The number of fused-ring (bicyclic) bond motifs is 1. The maximum Gasteiger partial charge on any atom is 0.352 e. The summed E-state index contributed by atoms with van der Waals surface area (Å²) in [7, 11) is 1.66. The van der Waals surface area contributed by atoms with E-state index in [0.29, 0.717) is 16.5 Å². The summed E-state index contributed by atoms with van der Waals surface area (Å²) in [4.78, 5) is 57.8. The van der Waals surface area contributed by atoms with E-state index in [9.17, 15) is 29.4 Å². The fraction of sp³-hybridized carbons (Fsp3) is 0.250. The lowest BCUT2D eigenvalue weighted by Gasteiger charge is -2.49. The van der Waals surface area contributed by atoms with Crippen molar-refractivity contribution >= 4 is 64.3 Å². The van der Waals surface area contributed by atoms with Gasteiger partial charge in [-0.1, -0.05) is 35.1 Å². The Balaban J connectivity index is 1.31. The number of phenolic OH excluding ortho intramolecular Hbond substituents is 1. The van der Waals surface area contributed by atoms with Gasteiger partial charge in [-0.05, 0) is 39.6 Å². The molecule has 2 atom stereocenters. The van der Waals surface area contributed by atoms with Crippen LogP contribution in [0, 0.1) is 0 Å². The first kappa shape index (κ1) is 28.3. The number of hydrogen-bond acceptors (Lipinski definition) is 13. The van der Waals surface area contributed by atoms with Crippen molar-refractivity contribution in [2.75, 3.05) is 11.5 Å². The molecule has 1 aromatic carbocycles. The Labute approximate surface area is 244 Å². The van der Waals surface area contributed by atoms with Crippen LogP contribution in [0.3, 0.4) is 0 Å². The number of carboxylic acids is 1. The number of aryl methyl sites for hydroxylation is 1. The molecule has 0 bridgehead atoms. The van der Waals surface area contributed by atoms with Gasteiger partial charge in [0.2, 0.25) is 5.16 Å². The Bertz CT molecular complexity index is 1570. The van der Waals surface area contributed by atoms with Crippen LogP contribution in [0.2, 0.25) is 0 Å². The van der Waals surface area contributed by atoms with Crippen molar-refractivity contribution in [1.29, 1.82) is 0 Å². The summed E-state index contributed by atoms with van der Waals surface area (Å²) in [6, 6.07) is 8.11. The number of rotatable bonds is 10. The molecule has 1 unspecified atom stereocenters. The molecule has 3 aromatic rings. The Kier molecular flexibility index (Phi) is 8.36. The third-order valence-electron chi connectivity index (χ3n) is 5.97. The molecular formula is C24H21N7O7S3. The van der Waals surface area contributed by atoms with Gasteiger partial charge in [0.25, 0.3) is 11.8 Å². The van der Waals surface area contributed by atoms with Crippen LogP contribution in [0.5, 0.6) is 5.75 Å². The molecule has 0 aliphatic carbocycles. The number of aromatic nitrogens is 4. The van der Waals surface area contributed by atoms with Gasteiger partial charge >= 0.3 is 11.9 Å². The smallest absolute Gasteiger partial charge is 0.352 e. The monoisotopic (exact) mass is 615 g/mol. The van der Waals surface area contributed by atoms with Crippen LogP contribution in [0.4, 0.5) is 0 Å². The van der Waals surface area contributed by atoms with Crippen molar-refractivity contribution < 1.29 is 34.2 Å². The Morgan fingerprint density at radius 1 is 1.27 bits per heavy atom. The fourth-order valence-electron chi connectivity index (χ4n) is 4.06. The van der Waals surface area contributed by atoms with E-state index >= 15 is 0 Å². The number of benzene rings is 1. The summed E-state index contributed by atoms with van der Waals surface area (Å²) in [5.41, 5.74) is 0.187. The van der Waals surface area contributed by atoms with Crippen LogP contribution in [0.1, 0.15) is 10.4 Å². The molecule has 2 aliphatic rings. The summed E-state index contributed by atoms with van der Waals surface area (Å²) in [5, 5.41) is 39.0. The average molecular weight is 616 g/mol. The molecule has 3 N–H and O–H groups in total. The number of hydrogen-bond donors (Lipinski definition) is 3. The SMILES string of the molecule is Cn1nnnc1SCC1=C(C(=O)O)N2C(=O)C(NC(=O)C(=NOC(=O)Cc3cccs3)c3cccc(O)c3)[C@H]2SC1. The van der Waals surface area contributed by atoms with Gasteiger partial charge in [-0.3, -0.25) is 14.5 Å². The van der Waals surface area contributed by atoms with Crippen molar-refractivity contribution in [3.05, 3.63) is 63.5 Å². The van der Waals surface area contributed by atoms with E-state index in [1.54, 1.807) is 19.2 Å². The van der Waals surface area contributed by atoms with Crippen LogP contribution in [-0.2, 0) is 37.5 Å². The number of phenols is 1. The quantitative estimate of drug-likeness (QED) is 0.0966. The lowest BCUT2D eigenvalue weighted by molar-refractivity contribution is -0.150. The van der Waals surface area contributed by atoms with Gasteiger partial charge in [0.1, 0.15) is 22.9 Å². The van der Waals surface area contributed by atoms with Crippen molar-refractivity contribution in [2.45, 2.75) is 23.0 Å². The van der Waals surface area contributed by atoms with E-state index in [0.717, 1.165) is 9.78 Å². The lowest BCUT2D eigenvalue weighted by atomic mass is 10.0. The molecule has 0 radical (unpaired) electrons. The molecule has 212 valence electrons. The number of oxime groups is 1. The number of thioether (sulfide) groups is 2. The van der Waals surface area contributed by atoms with Gasteiger partial charge in [0.15, 0.2) is 5.71 Å². The topological polar surface area (TPSA) is 189 Å². The predicted octanol–water partition coefficient (Wildman–Crippen LogP) is 0.998. The van der Waals surface area contributed by atoms with E-state index < -0.39 is 35.2 Å². The van der Waals surface area contributed by atoms with Gasteiger partial charge in [0.05, 0.1) is 6.42 Å². The zero-order valence-corrected chi connectivity index (χ0v) is 23.6. The number of carbonyl (C=O) groups excluding carboxylic acids is 3. The van der Waals surface area contributed by atoms with Crippen LogP contribution in [0.25, 0.3) is 0 Å². The van der Waals surface area contributed by atoms with Gasteiger partial charge < -0.3 is 20.4 Å². The molecule has 1 saturated heterocycles. The largest absolute Gasteiger partial charge is 0.508 e. The standard InChI is InChI=1S/C24H21N7O7S3/c1-30-24(26-28-29-30)41-11-13-10-40-22-18(21(35)31(22)19(13)23(36)37)25-20(34)17(12-4-2-5-14(32)8-12)27-38-16(33)9-15-6-3-7-39-15/h2-8,18,22,32H,9-11H2,1H3,(H,25,34)(H,36,37)/t18?,22-/m1/s1. The van der Waals surface area contributed by atoms with E-state index in [4.69, 9.17) is 4.84 Å². The highest BCUT2D eigenvalue weighted by Crippen LogP contribution is 2.41. The number of carbonyl (C=O) groups is 4. The maximum atomic E-state index is 13.3. The number of thiophene rings is 1. The molecule has 2 aliphatic heterocycles. The number of tetrazole rings is 1. The van der Waals surface area contributed by atoms with E-state index in [1.807, 2.05) is 5.38 Å². The highest BCUT2D eigenvalue weighted by molar-refractivity contribution is 8.01. The number of nitrogens with one attached hydrogen (secondary N) is 1. The number of nitrogens with zero attached hydrogens (tertiary/aromatic N) is 6. The first-order valence-electron chi connectivity index (χ1n) is 11.9. The number of amides is 2. The minimum absolute atomic E-state index is 0.0526. The molecule has 4 heterocycles. The van der Waals surface area contributed by atoms with Crippen LogP contribution >= 0.6 is 34.9 Å². The number of aliphatic carboxylic acids is 1. The second kappa shape index (κ2) is 12.1. The molecule has 41 heavy (non-hydrogen) atoms. The minimum atomic E-state index is -1.26. The van der Waals surface area contributed by atoms with E-state index in [-0.39, 0.29) is 34.9 Å². The van der Waals surface area contributed by atoms with Crippen LogP contribution in [-0.4, -0.2) is 87.7 Å². The lowest BCUT2D eigenvalue weighted by Crippen LogP contribution is -2.71. The van der Waals surface area contributed by atoms with Gasteiger partial charge in [0, 0.05) is 29.0 Å². The van der Waals surface area contributed by atoms with E-state index in [2.05, 4.69) is 26.0 Å². The summed E-state index contributed by atoms with van der Waals surface area (Å²) >= 11 is 3.90. The third-order valence-corrected chi connectivity index (χ3v) is 9.28. The highest BCUT2D eigenvalue weighted by Gasteiger charge is 2.54. The minimum Gasteiger partial charge on any atom is -0.508 e. The molecule has 2 aromatic heterocycles. The van der Waals surface area contributed by atoms with Crippen molar-refractivity contribution in [2.24, 2.45) is 12.2 Å². The first-order valence-corrected chi connectivity index (χ1v) is 14.8. The van der Waals surface area contributed by atoms with Crippen LogP contribution < -0.4 is 5.32 Å². The third kappa shape index (κ3) is 6.10. The summed E-state index contributed by atoms with van der Waals surface area (Å²) < 4.78 is 1.45. The van der Waals surface area contributed by atoms with Gasteiger partial charge in [-0.25, -0.2) is 14.3 Å². The normalized spacial score (nSPS) is 18.5. The Morgan fingerprint density at radius 2 is 2.10 bits per heavy atom. The van der Waals surface area contributed by atoms with Crippen LogP contribution in [0.15, 0.2) is 63.4 Å². The molecule has 17 heteroatoms. The zero-order chi connectivity index (χ0) is 29.1. The molecule has 2 amide bonds. The van der Waals surface area contributed by atoms with Crippen molar-refractivity contribution in [3.8, 4) is 5.75 Å². The Hall–Kier alpha value is -4.22. The molecular weight excluding hydrogens is 595 g/mol. The zero-order valence-electron chi connectivity index (χ0n) is 21.2. The van der Waals surface area contributed by atoms with Crippen molar-refractivity contribution in [3.63, 3.8) is 0 Å². The Morgan fingerprint density at radius 3 is 2.78 bits per heavy atom. The molecule has 14 nitrogen and oxygen atoms in total. The number of carboxylic acid groups (broad SMARTS) is 1. The van der Waals surface area contributed by atoms with E-state index in [1.165, 1.54) is 63.8 Å². The molecule has 0 saturated carbocycles. The predicted molar refractivity (Wildman–Crippen MR) is 148 cm³/mol. The molecule has 0 spiro atoms. The van der Waals surface area contributed by atoms with Gasteiger partial charge in [-0.2, -0.15) is 0 Å². The van der Waals surface area contributed by atoms with Crippen molar-refractivity contribution in [1.82, 2.24) is 30.4 Å². The summed E-state index contributed by atoms with van der Waals surface area (Å²) in [6.45, 7) is 0. The maximum absolute atomic E-state index is 13.3. The average Bonchev–Trinajstić information content (AvgIpc) is 3.61. The first-order chi connectivity index (χ1) is 19.7. The fourth-order valence-corrected chi connectivity index (χ4v) is 7.09. The molecule has 5 rings (SSSR count). The second-order valence-corrected chi connectivity index (χ2v) is 11.8. The second-order valence-electron chi connectivity index (χ2n) is 8.70. The number of aromatic hydroxyl groups is 1.